The van der Waals surface area contributed by atoms with E-state index in [4.69, 9.17) is 4.74 Å². The van der Waals surface area contributed by atoms with Gasteiger partial charge in [-0.25, -0.2) is 4.68 Å². The first kappa shape index (κ1) is 19.1. The van der Waals surface area contributed by atoms with E-state index in [9.17, 15) is 0 Å². The van der Waals surface area contributed by atoms with Crippen LogP contribution in [-0.2, 0) is 18.8 Å². The van der Waals surface area contributed by atoms with Gasteiger partial charge >= 0.3 is 0 Å². The molecule has 0 bridgehead atoms. The molecule has 2 aromatic heterocycles. The van der Waals surface area contributed by atoms with E-state index in [1.165, 1.54) is 0 Å². The highest BCUT2D eigenvalue weighted by atomic mass is 32.2. The second-order valence-electron chi connectivity index (χ2n) is 5.87. The number of hydrogen-bond donors (Lipinski definition) is 0. The maximum atomic E-state index is 5.47. The van der Waals surface area contributed by atoms with E-state index in [0.29, 0.717) is 12.3 Å². The summed E-state index contributed by atoms with van der Waals surface area (Å²) < 4.78 is 9.35. The van der Waals surface area contributed by atoms with Crippen molar-refractivity contribution in [2.24, 2.45) is 0 Å². The third kappa shape index (κ3) is 4.36. The van der Waals surface area contributed by atoms with Gasteiger partial charge in [0.05, 0.1) is 18.4 Å². The minimum atomic E-state index is 0.601. The highest BCUT2D eigenvalue weighted by molar-refractivity contribution is 7.98. The molecule has 0 radical (unpaired) electrons. The summed E-state index contributed by atoms with van der Waals surface area (Å²) in [6, 6.07) is 7.78. The van der Waals surface area contributed by atoms with Gasteiger partial charge in [0.25, 0.3) is 0 Å². The molecule has 2 heterocycles. The maximum Gasteiger partial charge on any atom is 0.192 e. The fraction of sp³-hybridized carbons (Fsp3) is 0.389. The van der Waals surface area contributed by atoms with Crippen LogP contribution < -0.4 is 4.74 Å². The molecular weight excluding hydrogens is 362 g/mol. The first-order chi connectivity index (χ1) is 13.3. The Morgan fingerprint density at radius 3 is 2.85 bits per heavy atom. The van der Waals surface area contributed by atoms with Gasteiger partial charge in [0, 0.05) is 13.1 Å². The van der Waals surface area contributed by atoms with Crippen LogP contribution in [0.5, 0.6) is 5.75 Å². The Morgan fingerprint density at radius 1 is 1.22 bits per heavy atom. The van der Waals surface area contributed by atoms with Gasteiger partial charge in [-0.2, -0.15) is 0 Å². The summed E-state index contributed by atoms with van der Waals surface area (Å²) >= 11 is 1.56. The molecule has 0 amide bonds. The molecule has 9 heteroatoms. The van der Waals surface area contributed by atoms with Crippen molar-refractivity contribution < 1.29 is 4.74 Å². The van der Waals surface area contributed by atoms with Gasteiger partial charge in [0.2, 0.25) is 0 Å². The standard InChI is InChI=1S/C18H23N7OS/c1-4-6-12-25-16(19-22-23-25)13-27-18-21-20-17(24(18)11-5-2)14-9-7-8-10-15(14)26-3/h5,7-10H,2,4,6,11-13H2,1,3H3. The van der Waals surface area contributed by atoms with E-state index in [1.54, 1.807) is 18.9 Å². The quantitative estimate of drug-likeness (QED) is 0.391. The Hall–Kier alpha value is -2.68. The number of thioether (sulfide) groups is 1. The Balaban J connectivity index is 1.84. The SMILES string of the molecule is C=CCn1c(SCc2nnnn2CCCC)nnc1-c1ccccc1OC. The zero-order valence-electron chi connectivity index (χ0n) is 15.6. The fourth-order valence-corrected chi connectivity index (χ4v) is 3.54. The lowest BCUT2D eigenvalue weighted by molar-refractivity contribution is 0.416. The number of methoxy groups -OCH3 is 1. The summed E-state index contributed by atoms with van der Waals surface area (Å²) in [5, 5.41) is 21.6. The first-order valence-electron chi connectivity index (χ1n) is 8.83. The lowest BCUT2D eigenvalue weighted by Gasteiger charge is -2.10. The normalized spacial score (nSPS) is 10.9. The summed E-state index contributed by atoms with van der Waals surface area (Å²) in [5.74, 6) is 2.97. The number of unbranched alkanes of at least 4 members (excludes halogenated alkanes) is 1. The fourth-order valence-electron chi connectivity index (χ4n) is 2.66. The molecule has 0 N–H and O–H groups in total. The molecule has 27 heavy (non-hydrogen) atoms. The first-order valence-corrected chi connectivity index (χ1v) is 9.82. The molecule has 0 saturated heterocycles. The third-order valence-corrected chi connectivity index (χ3v) is 5.00. The van der Waals surface area contributed by atoms with Gasteiger partial charge in [0.15, 0.2) is 16.8 Å². The average molecular weight is 385 g/mol. The second kappa shape index (κ2) is 9.31. The van der Waals surface area contributed by atoms with Crippen LogP contribution in [0.3, 0.4) is 0 Å². The number of allylic oxidation sites excluding steroid dienone is 1. The summed E-state index contributed by atoms with van der Waals surface area (Å²) in [6.45, 7) is 7.43. The van der Waals surface area contributed by atoms with E-state index in [0.717, 1.165) is 47.5 Å². The summed E-state index contributed by atoms with van der Waals surface area (Å²) in [5.41, 5.74) is 0.897. The number of rotatable bonds is 10. The zero-order valence-corrected chi connectivity index (χ0v) is 16.4. The largest absolute Gasteiger partial charge is 0.496 e. The molecule has 0 aliphatic rings. The number of aromatic nitrogens is 7. The number of nitrogens with zero attached hydrogens (tertiary/aromatic N) is 7. The molecule has 3 rings (SSSR count). The number of para-hydroxylation sites is 1. The number of hydrogen-bond acceptors (Lipinski definition) is 7. The van der Waals surface area contributed by atoms with Crippen LogP contribution in [-0.4, -0.2) is 42.1 Å². The summed E-state index contributed by atoms with van der Waals surface area (Å²) in [7, 11) is 1.65. The monoisotopic (exact) mass is 385 g/mol. The van der Waals surface area contributed by atoms with Crippen LogP contribution in [0.15, 0.2) is 42.1 Å². The van der Waals surface area contributed by atoms with Crippen molar-refractivity contribution in [3.8, 4) is 17.1 Å². The van der Waals surface area contributed by atoms with Gasteiger partial charge in [-0.3, -0.25) is 4.57 Å². The second-order valence-corrected chi connectivity index (χ2v) is 6.81. The molecular formula is C18H23N7OS. The van der Waals surface area contributed by atoms with Crippen molar-refractivity contribution in [2.75, 3.05) is 7.11 Å². The minimum absolute atomic E-state index is 0.601. The maximum absolute atomic E-state index is 5.47. The number of ether oxygens (including phenoxy) is 1. The highest BCUT2D eigenvalue weighted by Gasteiger charge is 2.17. The highest BCUT2D eigenvalue weighted by Crippen LogP contribution is 2.31. The Bertz CT molecular complexity index is 889. The van der Waals surface area contributed by atoms with Crippen molar-refractivity contribution in [3.63, 3.8) is 0 Å². The Kier molecular flexibility index (Phi) is 6.59. The molecule has 0 aliphatic heterocycles. The van der Waals surface area contributed by atoms with E-state index in [2.05, 4.69) is 39.2 Å². The number of aryl methyl sites for hydroxylation is 1. The number of tetrazole rings is 1. The molecule has 3 aromatic rings. The minimum Gasteiger partial charge on any atom is -0.496 e. The molecule has 0 fully saturated rings. The molecule has 0 saturated carbocycles. The molecule has 8 nitrogen and oxygen atoms in total. The topological polar surface area (TPSA) is 83.5 Å². The molecule has 1 aromatic carbocycles. The van der Waals surface area contributed by atoms with E-state index in [1.807, 2.05) is 39.6 Å². The average Bonchev–Trinajstić information content (AvgIpc) is 3.31. The molecule has 142 valence electrons. The van der Waals surface area contributed by atoms with Gasteiger partial charge in [-0.15, -0.1) is 21.9 Å². The summed E-state index contributed by atoms with van der Waals surface area (Å²) in [4.78, 5) is 0. The van der Waals surface area contributed by atoms with Gasteiger partial charge < -0.3 is 4.74 Å². The van der Waals surface area contributed by atoms with E-state index >= 15 is 0 Å². The van der Waals surface area contributed by atoms with Crippen molar-refractivity contribution in [1.29, 1.82) is 0 Å². The van der Waals surface area contributed by atoms with E-state index < -0.39 is 0 Å². The number of benzene rings is 1. The summed E-state index contributed by atoms with van der Waals surface area (Å²) in [6.07, 6.45) is 3.98. The van der Waals surface area contributed by atoms with Crippen LogP contribution in [0.25, 0.3) is 11.4 Å². The van der Waals surface area contributed by atoms with Crippen LogP contribution in [0.1, 0.15) is 25.6 Å². The molecule has 0 spiro atoms. The zero-order chi connectivity index (χ0) is 19.1. The molecule has 0 unspecified atom stereocenters. The Morgan fingerprint density at radius 2 is 2.07 bits per heavy atom. The smallest absolute Gasteiger partial charge is 0.192 e. The van der Waals surface area contributed by atoms with Gasteiger partial charge in [-0.05, 0) is 29.0 Å². The van der Waals surface area contributed by atoms with Gasteiger partial charge in [0.1, 0.15) is 5.75 Å². The molecule has 0 atom stereocenters. The predicted molar refractivity (Wildman–Crippen MR) is 104 cm³/mol. The lowest BCUT2D eigenvalue weighted by atomic mass is 10.2. The lowest BCUT2D eigenvalue weighted by Crippen LogP contribution is -2.06. The van der Waals surface area contributed by atoms with Crippen molar-refractivity contribution in [1.82, 2.24) is 35.0 Å². The van der Waals surface area contributed by atoms with Crippen LogP contribution in [0, 0.1) is 0 Å². The molecule has 0 aliphatic carbocycles. The van der Waals surface area contributed by atoms with Crippen molar-refractivity contribution in [2.45, 2.75) is 43.8 Å². The van der Waals surface area contributed by atoms with Crippen LogP contribution >= 0.6 is 11.8 Å². The third-order valence-electron chi connectivity index (χ3n) is 4.04. The predicted octanol–water partition coefficient (Wildman–Crippen LogP) is 3.22. The Labute approximate surface area is 162 Å². The van der Waals surface area contributed by atoms with Crippen molar-refractivity contribution >= 4 is 11.8 Å². The van der Waals surface area contributed by atoms with E-state index in [-0.39, 0.29) is 0 Å². The van der Waals surface area contributed by atoms with Gasteiger partial charge in [-0.1, -0.05) is 43.3 Å². The van der Waals surface area contributed by atoms with Crippen molar-refractivity contribution in [3.05, 3.63) is 42.7 Å². The van der Waals surface area contributed by atoms with Crippen LogP contribution in [0.2, 0.25) is 0 Å². The van der Waals surface area contributed by atoms with Crippen LogP contribution in [0.4, 0.5) is 0 Å².